The second kappa shape index (κ2) is 5.36. The highest BCUT2D eigenvalue weighted by Crippen LogP contribution is 2.36. The van der Waals surface area contributed by atoms with Gasteiger partial charge in [-0.1, -0.05) is 20.8 Å². The molecule has 1 heterocycles. The molecule has 0 saturated carbocycles. The van der Waals surface area contributed by atoms with Gasteiger partial charge in [-0.05, 0) is 23.6 Å². The van der Waals surface area contributed by atoms with Crippen LogP contribution >= 0.6 is 0 Å². The summed E-state index contributed by atoms with van der Waals surface area (Å²) >= 11 is 0. The summed E-state index contributed by atoms with van der Waals surface area (Å²) in [6, 6.07) is 7.30. The Morgan fingerprint density at radius 2 is 1.85 bits per heavy atom. The maximum Gasteiger partial charge on any atom is 0.224 e. The number of aromatic nitrogens is 2. The van der Waals surface area contributed by atoms with E-state index in [2.05, 4.69) is 30.7 Å². The Bertz CT molecular complexity index is 606. The first-order valence-corrected chi connectivity index (χ1v) is 6.34. The first-order valence-electron chi connectivity index (χ1n) is 6.34. The number of rotatable bonds is 3. The lowest BCUT2D eigenvalue weighted by Crippen LogP contribution is -2.13. The van der Waals surface area contributed by atoms with Crippen LogP contribution < -0.4 is 15.2 Å². The summed E-state index contributed by atoms with van der Waals surface area (Å²) < 4.78 is 11.1. The molecule has 0 aliphatic carbocycles. The number of nitrogen functional groups attached to an aromatic ring is 1. The Hall–Kier alpha value is -2.30. The van der Waals surface area contributed by atoms with Gasteiger partial charge in [0.1, 0.15) is 23.6 Å². The van der Waals surface area contributed by atoms with E-state index in [0.29, 0.717) is 11.7 Å². The van der Waals surface area contributed by atoms with E-state index in [1.165, 1.54) is 6.33 Å². The summed E-state index contributed by atoms with van der Waals surface area (Å²) in [5, 5.41) is 0. The van der Waals surface area contributed by atoms with E-state index in [1.807, 2.05) is 18.2 Å². The zero-order chi connectivity index (χ0) is 14.8. The van der Waals surface area contributed by atoms with E-state index in [1.54, 1.807) is 13.2 Å². The molecule has 0 aliphatic rings. The van der Waals surface area contributed by atoms with E-state index in [-0.39, 0.29) is 5.41 Å². The molecule has 0 saturated heterocycles. The van der Waals surface area contributed by atoms with Crippen LogP contribution in [0.4, 0.5) is 5.82 Å². The van der Waals surface area contributed by atoms with Gasteiger partial charge in [0.2, 0.25) is 5.88 Å². The Morgan fingerprint density at radius 3 is 2.45 bits per heavy atom. The van der Waals surface area contributed by atoms with Crippen LogP contribution in [0.2, 0.25) is 0 Å². The largest absolute Gasteiger partial charge is 0.497 e. The molecule has 1 aromatic carbocycles. The average Bonchev–Trinajstić information content (AvgIpc) is 2.38. The number of ether oxygens (including phenoxy) is 2. The molecule has 106 valence electrons. The van der Waals surface area contributed by atoms with Gasteiger partial charge in [0.05, 0.1) is 7.11 Å². The van der Waals surface area contributed by atoms with Crippen LogP contribution in [0.3, 0.4) is 0 Å². The Morgan fingerprint density at radius 1 is 1.10 bits per heavy atom. The van der Waals surface area contributed by atoms with Gasteiger partial charge in [-0.2, -0.15) is 0 Å². The van der Waals surface area contributed by atoms with E-state index < -0.39 is 0 Å². The zero-order valence-corrected chi connectivity index (χ0v) is 12.2. The molecule has 0 atom stereocenters. The summed E-state index contributed by atoms with van der Waals surface area (Å²) in [6.07, 6.45) is 1.38. The van der Waals surface area contributed by atoms with Gasteiger partial charge in [-0.15, -0.1) is 0 Å². The second-order valence-corrected chi connectivity index (χ2v) is 5.50. The van der Waals surface area contributed by atoms with Gasteiger partial charge in [0.25, 0.3) is 0 Å². The normalized spacial score (nSPS) is 11.2. The number of hydrogen-bond acceptors (Lipinski definition) is 5. The van der Waals surface area contributed by atoms with Gasteiger partial charge in [-0.25, -0.2) is 9.97 Å². The third kappa shape index (κ3) is 3.17. The lowest BCUT2D eigenvalue weighted by Gasteiger charge is -2.23. The molecule has 2 N–H and O–H groups in total. The predicted molar refractivity (Wildman–Crippen MR) is 78.2 cm³/mol. The van der Waals surface area contributed by atoms with Gasteiger partial charge in [0, 0.05) is 11.6 Å². The topological polar surface area (TPSA) is 70.3 Å². The quantitative estimate of drug-likeness (QED) is 0.930. The third-order valence-corrected chi connectivity index (χ3v) is 2.87. The minimum atomic E-state index is -0.0809. The van der Waals surface area contributed by atoms with Crippen molar-refractivity contribution in [1.29, 1.82) is 0 Å². The van der Waals surface area contributed by atoms with E-state index in [4.69, 9.17) is 15.2 Å². The molecule has 1 aromatic heterocycles. The zero-order valence-electron chi connectivity index (χ0n) is 12.2. The fourth-order valence-electron chi connectivity index (χ4n) is 1.83. The van der Waals surface area contributed by atoms with Crippen molar-refractivity contribution in [3.8, 4) is 17.4 Å². The maximum atomic E-state index is 5.83. The van der Waals surface area contributed by atoms with Gasteiger partial charge in [-0.3, -0.25) is 0 Å². The lowest BCUT2D eigenvalue weighted by molar-refractivity contribution is 0.405. The first kappa shape index (κ1) is 14.1. The van der Waals surface area contributed by atoms with Crippen molar-refractivity contribution in [3.63, 3.8) is 0 Å². The molecule has 2 aromatic rings. The smallest absolute Gasteiger partial charge is 0.224 e. The summed E-state index contributed by atoms with van der Waals surface area (Å²) in [4.78, 5) is 7.90. The molecule has 0 aliphatic heterocycles. The van der Waals surface area contributed by atoms with E-state index in [0.717, 1.165) is 17.1 Å². The number of benzene rings is 1. The number of anilines is 1. The molecular weight excluding hydrogens is 254 g/mol. The highest BCUT2D eigenvalue weighted by Gasteiger charge is 2.20. The number of hydrogen-bond donors (Lipinski definition) is 1. The number of nitrogens with zero attached hydrogens (tertiary/aromatic N) is 2. The van der Waals surface area contributed by atoms with Crippen molar-refractivity contribution in [3.05, 3.63) is 36.2 Å². The van der Waals surface area contributed by atoms with Crippen LogP contribution in [-0.2, 0) is 5.41 Å². The predicted octanol–water partition coefficient (Wildman–Crippen LogP) is 3.16. The van der Waals surface area contributed by atoms with Crippen molar-refractivity contribution in [1.82, 2.24) is 9.97 Å². The Kier molecular flexibility index (Phi) is 3.79. The fraction of sp³-hybridized carbons (Fsp3) is 0.333. The van der Waals surface area contributed by atoms with Crippen LogP contribution in [0.5, 0.6) is 17.4 Å². The third-order valence-electron chi connectivity index (χ3n) is 2.87. The van der Waals surface area contributed by atoms with Gasteiger partial charge < -0.3 is 15.2 Å². The SMILES string of the molecule is COc1ccc(Oc2cc(N)ncn2)c(C(C)(C)C)c1. The maximum absolute atomic E-state index is 5.83. The molecule has 0 spiro atoms. The lowest BCUT2D eigenvalue weighted by atomic mass is 9.86. The molecule has 0 amide bonds. The highest BCUT2D eigenvalue weighted by molar-refractivity contribution is 5.46. The monoisotopic (exact) mass is 273 g/mol. The average molecular weight is 273 g/mol. The van der Waals surface area contributed by atoms with Crippen molar-refractivity contribution in [2.45, 2.75) is 26.2 Å². The summed E-state index contributed by atoms with van der Waals surface area (Å²) in [5.41, 5.74) is 6.59. The second-order valence-electron chi connectivity index (χ2n) is 5.50. The van der Waals surface area contributed by atoms with E-state index in [9.17, 15) is 0 Å². The van der Waals surface area contributed by atoms with Gasteiger partial charge in [0.15, 0.2) is 0 Å². The minimum absolute atomic E-state index is 0.0809. The first-order chi connectivity index (χ1) is 9.40. The highest BCUT2D eigenvalue weighted by atomic mass is 16.5. The van der Waals surface area contributed by atoms with Crippen LogP contribution in [0, 0.1) is 0 Å². The molecule has 5 heteroatoms. The van der Waals surface area contributed by atoms with Crippen LogP contribution in [0.15, 0.2) is 30.6 Å². The fourth-order valence-corrected chi connectivity index (χ4v) is 1.83. The Balaban J connectivity index is 2.41. The van der Waals surface area contributed by atoms with Crippen LogP contribution in [-0.4, -0.2) is 17.1 Å². The van der Waals surface area contributed by atoms with Crippen molar-refractivity contribution in [2.75, 3.05) is 12.8 Å². The summed E-state index contributed by atoms with van der Waals surface area (Å²) in [5.74, 6) is 2.33. The summed E-state index contributed by atoms with van der Waals surface area (Å²) in [6.45, 7) is 6.34. The number of nitrogens with two attached hydrogens (primary N) is 1. The molecule has 0 radical (unpaired) electrons. The molecule has 2 rings (SSSR count). The molecule has 20 heavy (non-hydrogen) atoms. The standard InChI is InChI=1S/C15H19N3O2/c1-15(2,3)11-7-10(19-4)5-6-12(11)20-14-8-13(16)17-9-18-14/h5-9H,1-4H3,(H2,16,17,18). The molecule has 0 bridgehead atoms. The number of methoxy groups -OCH3 is 1. The van der Waals surface area contributed by atoms with Crippen LogP contribution in [0.1, 0.15) is 26.3 Å². The minimum Gasteiger partial charge on any atom is -0.497 e. The molecule has 0 fully saturated rings. The van der Waals surface area contributed by atoms with Gasteiger partial charge >= 0.3 is 0 Å². The van der Waals surface area contributed by atoms with E-state index >= 15 is 0 Å². The molecule has 0 unspecified atom stereocenters. The Labute approximate surface area is 118 Å². The molecular formula is C15H19N3O2. The van der Waals surface area contributed by atoms with Crippen molar-refractivity contribution in [2.24, 2.45) is 0 Å². The molecule has 5 nitrogen and oxygen atoms in total. The van der Waals surface area contributed by atoms with Crippen molar-refractivity contribution >= 4 is 5.82 Å². The summed E-state index contributed by atoms with van der Waals surface area (Å²) in [7, 11) is 1.65. The van der Waals surface area contributed by atoms with Crippen molar-refractivity contribution < 1.29 is 9.47 Å². The van der Waals surface area contributed by atoms with Crippen LogP contribution in [0.25, 0.3) is 0 Å².